The molecule has 0 aromatic heterocycles. The molecular formula is C20H29N3O3. The second kappa shape index (κ2) is 9.14. The highest BCUT2D eigenvalue weighted by Crippen LogP contribution is 2.13. The second-order valence-corrected chi connectivity index (χ2v) is 7.34. The van der Waals surface area contributed by atoms with Gasteiger partial charge >= 0.3 is 0 Å². The van der Waals surface area contributed by atoms with Gasteiger partial charge in [0.15, 0.2) is 0 Å². The number of carbonyl (C=O) groups excluding carboxylic acids is 2. The number of nitrogens with zero attached hydrogens (tertiary/aromatic N) is 3. The third kappa shape index (κ3) is 5.29. The highest BCUT2D eigenvalue weighted by molar-refractivity contribution is 5.85. The molecule has 1 aromatic carbocycles. The summed E-state index contributed by atoms with van der Waals surface area (Å²) in [6, 6.07) is 10.2. The van der Waals surface area contributed by atoms with Crippen LogP contribution in [0.15, 0.2) is 30.3 Å². The van der Waals surface area contributed by atoms with Gasteiger partial charge in [0.2, 0.25) is 11.8 Å². The maximum absolute atomic E-state index is 12.7. The summed E-state index contributed by atoms with van der Waals surface area (Å²) in [5.74, 6) is 0.0257. The molecule has 26 heavy (non-hydrogen) atoms. The van der Waals surface area contributed by atoms with Crippen molar-refractivity contribution in [1.29, 1.82) is 0 Å². The number of carbonyl (C=O) groups is 2. The van der Waals surface area contributed by atoms with Crippen molar-refractivity contribution in [3.05, 3.63) is 35.9 Å². The van der Waals surface area contributed by atoms with Crippen LogP contribution in [0.5, 0.6) is 0 Å². The Morgan fingerprint density at radius 2 is 1.85 bits per heavy atom. The molecule has 1 aromatic rings. The van der Waals surface area contributed by atoms with Gasteiger partial charge in [-0.05, 0) is 18.4 Å². The topological polar surface area (TPSA) is 64.1 Å². The highest BCUT2D eigenvalue weighted by atomic mass is 16.3. The summed E-state index contributed by atoms with van der Waals surface area (Å²) in [5.41, 5.74) is 1.20. The molecule has 1 N–H and O–H groups in total. The van der Waals surface area contributed by atoms with Crippen LogP contribution >= 0.6 is 0 Å². The predicted octanol–water partition coefficient (Wildman–Crippen LogP) is 1.09. The Bertz CT molecular complexity index is 608. The van der Waals surface area contributed by atoms with E-state index in [0.29, 0.717) is 32.6 Å². The van der Waals surface area contributed by atoms with Gasteiger partial charge in [0, 0.05) is 45.7 Å². The standard InChI is InChI=1S/C20H29N3O3/c24-18-14-21(13-17-7-3-1-4-8-17)11-12-23(15-18)20(26)16-22-10-6-2-5-9-19(22)25/h1,3-4,7-8,18,24H,2,5-6,9-16H2/t18-/m1/s1. The van der Waals surface area contributed by atoms with Gasteiger partial charge in [-0.3, -0.25) is 14.5 Å². The van der Waals surface area contributed by atoms with Crippen LogP contribution < -0.4 is 0 Å². The summed E-state index contributed by atoms with van der Waals surface area (Å²) in [5, 5.41) is 10.3. The zero-order valence-electron chi connectivity index (χ0n) is 15.3. The Morgan fingerprint density at radius 3 is 2.65 bits per heavy atom. The second-order valence-electron chi connectivity index (χ2n) is 7.34. The average molecular weight is 359 g/mol. The maximum atomic E-state index is 12.7. The van der Waals surface area contributed by atoms with E-state index in [2.05, 4.69) is 17.0 Å². The number of hydrogen-bond donors (Lipinski definition) is 1. The molecule has 6 nitrogen and oxygen atoms in total. The van der Waals surface area contributed by atoms with Crippen LogP contribution in [0.25, 0.3) is 0 Å². The van der Waals surface area contributed by atoms with Crippen molar-refractivity contribution in [2.45, 2.75) is 38.3 Å². The van der Waals surface area contributed by atoms with Crippen molar-refractivity contribution in [2.24, 2.45) is 0 Å². The number of rotatable bonds is 4. The monoisotopic (exact) mass is 359 g/mol. The first-order valence-corrected chi connectivity index (χ1v) is 9.62. The van der Waals surface area contributed by atoms with Crippen LogP contribution in [0, 0.1) is 0 Å². The predicted molar refractivity (Wildman–Crippen MR) is 99.4 cm³/mol. The van der Waals surface area contributed by atoms with E-state index < -0.39 is 6.10 Å². The van der Waals surface area contributed by atoms with Gasteiger partial charge in [0.1, 0.15) is 0 Å². The van der Waals surface area contributed by atoms with Gasteiger partial charge in [0.05, 0.1) is 12.6 Å². The molecule has 0 saturated carbocycles. The average Bonchev–Trinajstić information content (AvgIpc) is 2.94. The SMILES string of the molecule is O=C1CCCCCN1CC(=O)N1CCN(Cc2ccccc2)C[C@@H](O)C1. The zero-order valence-corrected chi connectivity index (χ0v) is 15.3. The summed E-state index contributed by atoms with van der Waals surface area (Å²) in [7, 11) is 0. The van der Waals surface area contributed by atoms with Gasteiger partial charge in [-0.2, -0.15) is 0 Å². The van der Waals surface area contributed by atoms with Gasteiger partial charge in [0.25, 0.3) is 0 Å². The third-order valence-electron chi connectivity index (χ3n) is 5.19. The molecule has 2 heterocycles. The van der Waals surface area contributed by atoms with Crippen molar-refractivity contribution >= 4 is 11.8 Å². The molecular weight excluding hydrogens is 330 g/mol. The lowest BCUT2D eigenvalue weighted by Crippen LogP contribution is -2.45. The number of aliphatic hydroxyl groups is 1. The molecule has 2 amide bonds. The zero-order chi connectivity index (χ0) is 18.4. The summed E-state index contributed by atoms with van der Waals surface area (Å²) in [4.78, 5) is 30.4. The van der Waals surface area contributed by atoms with E-state index in [9.17, 15) is 14.7 Å². The Labute approximate surface area is 155 Å². The van der Waals surface area contributed by atoms with Crippen molar-refractivity contribution < 1.29 is 14.7 Å². The quantitative estimate of drug-likeness (QED) is 0.874. The van der Waals surface area contributed by atoms with E-state index in [4.69, 9.17) is 0 Å². The Kier molecular flexibility index (Phi) is 6.63. The maximum Gasteiger partial charge on any atom is 0.242 e. The molecule has 2 fully saturated rings. The Hall–Kier alpha value is -1.92. The minimum absolute atomic E-state index is 0.0548. The lowest BCUT2D eigenvalue weighted by Gasteiger charge is -2.26. The molecule has 2 saturated heterocycles. The first-order valence-electron chi connectivity index (χ1n) is 9.62. The molecule has 0 bridgehead atoms. The van der Waals surface area contributed by atoms with E-state index in [1.165, 1.54) is 5.56 Å². The minimum Gasteiger partial charge on any atom is -0.390 e. The first kappa shape index (κ1) is 18.9. The molecule has 142 valence electrons. The van der Waals surface area contributed by atoms with Crippen LogP contribution in [0.3, 0.4) is 0 Å². The molecule has 2 aliphatic rings. The third-order valence-corrected chi connectivity index (χ3v) is 5.19. The smallest absolute Gasteiger partial charge is 0.242 e. The van der Waals surface area contributed by atoms with Crippen LogP contribution in [-0.2, 0) is 16.1 Å². The summed E-state index contributed by atoms with van der Waals surface area (Å²) < 4.78 is 0. The molecule has 1 atom stereocenters. The van der Waals surface area contributed by atoms with Gasteiger partial charge < -0.3 is 14.9 Å². The molecule has 0 unspecified atom stereocenters. The fraction of sp³-hybridized carbons (Fsp3) is 0.600. The van der Waals surface area contributed by atoms with Crippen molar-refractivity contribution in [3.63, 3.8) is 0 Å². The fourth-order valence-electron chi connectivity index (χ4n) is 3.74. The summed E-state index contributed by atoms with van der Waals surface area (Å²) in [6.07, 6.45) is 2.91. The van der Waals surface area contributed by atoms with Crippen molar-refractivity contribution in [2.75, 3.05) is 39.3 Å². The van der Waals surface area contributed by atoms with Gasteiger partial charge in [-0.1, -0.05) is 36.8 Å². The van der Waals surface area contributed by atoms with Gasteiger partial charge in [-0.15, -0.1) is 0 Å². The molecule has 0 aliphatic carbocycles. The number of likely N-dealkylation sites (tertiary alicyclic amines) is 1. The van der Waals surface area contributed by atoms with E-state index in [1.54, 1.807) is 9.80 Å². The Balaban J connectivity index is 1.55. The first-order chi connectivity index (χ1) is 12.6. The highest BCUT2D eigenvalue weighted by Gasteiger charge is 2.27. The van der Waals surface area contributed by atoms with E-state index >= 15 is 0 Å². The largest absolute Gasteiger partial charge is 0.390 e. The van der Waals surface area contributed by atoms with E-state index in [1.807, 2.05) is 18.2 Å². The molecule has 2 aliphatic heterocycles. The van der Waals surface area contributed by atoms with Crippen LogP contribution in [0.4, 0.5) is 0 Å². The normalized spacial score (nSPS) is 22.8. The summed E-state index contributed by atoms with van der Waals surface area (Å²) in [6.45, 7) is 3.79. The lowest BCUT2D eigenvalue weighted by molar-refractivity contribution is -0.140. The van der Waals surface area contributed by atoms with Crippen LogP contribution in [-0.4, -0.2) is 77.0 Å². The number of hydrogen-bond acceptors (Lipinski definition) is 4. The molecule has 3 rings (SSSR count). The Morgan fingerprint density at radius 1 is 1.04 bits per heavy atom. The number of β-amino-alcohol motifs (C(OH)–C–C–N with tert-alkyl or cyclic N) is 1. The van der Waals surface area contributed by atoms with E-state index in [0.717, 1.165) is 32.4 Å². The fourth-order valence-corrected chi connectivity index (χ4v) is 3.74. The van der Waals surface area contributed by atoms with Crippen LogP contribution in [0.2, 0.25) is 0 Å². The number of benzene rings is 1. The molecule has 0 spiro atoms. The summed E-state index contributed by atoms with van der Waals surface area (Å²) >= 11 is 0. The molecule has 6 heteroatoms. The number of amides is 2. The van der Waals surface area contributed by atoms with Crippen molar-refractivity contribution in [3.8, 4) is 0 Å². The van der Waals surface area contributed by atoms with Crippen molar-refractivity contribution in [1.82, 2.24) is 14.7 Å². The minimum atomic E-state index is -0.565. The number of aliphatic hydroxyl groups excluding tert-OH is 1. The van der Waals surface area contributed by atoms with E-state index in [-0.39, 0.29) is 18.4 Å². The molecule has 0 radical (unpaired) electrons. The van der Waals surface area contributed by atoms with Gasteiger partial charge in [-0.25, -0.2) is 0 Å². The van der Waals surface area contributed by atoms with Crippen LogP contribution in [0.1, 0.15) is 31.2 Å². The lowest BCUT2D eigenvalue weighted by atomic mass is 10.2.